The van der Waals surface area contributed by atoms with Crippen molar-refractivity contribution in [2.45, 2.75) is 31.8 Å². The fourth-order valence-electron chi connectivity index (χ4n) is 2.95. The van der Waals surface area contributed by atoms with Crippen molar-refractivity contribution in [3.8, 4) is 5.75 Å². The van der Waals surface area contributed by atoms with Crippen LogP contribution in [-0.4, -0.2) is 30.9 Å². The molecule has 0 aromatic heterocycles. The summed E-state index contributed by atoms with van der Waals surface area (Å²) in [5, 5.41) is 15.0. The van der Waals surface area contributed by atoms with Gasteiger partial charge in [-0.15, -0.1) is 0 Å². The molecule has 2 N–H and O–H groups in total. The van der Waals surface area contributed by atoms with Gasteiger partial charge in [-0.25, -0.2) is 0 Å². The highest BCUT2D eigenvalue weighted by atomic mass is 35.5. The predicted molar refractivity (Wildman–Crippen MR) is 77.9 cm³/mol. The Bertz CT molecular complexity index is 438. The second-order valence-electron chi connectivity index (χ2n) is 5.30. The molecule has 19 heavy (non-hydrogen) atoms. The van der Waals surface area contributed by atoms with Gasteiger partial charge < -0.3 is 15.2 Å². The molecular weight excluding hydrogens is 262 g/mol. The molecule has 0 saturated carbocycles. The van der Waals surface area contributed by atoms with Crippen LogP contribution in [0.5, 0.6) is 5.75 Å². The lowest BCUT2D eigenvalue weighted by Crippen LogP contribution is -2.51. The lowest BCUT2D eigenvalue weighted by atomic mass is 9.76. The van der Waals surface area contributed by atoms with Crippen molar-refractivity contribution in [1.29, 1.82) is 0 Å². The van der Waals surface area contributed by atoms with E-state index < -0.39 is 5.60 Å². The van der Waals surface area contributed by atoms with Gasteiger partial charge in [-0.3, -0.25) is 0 Å². The van der Waals surface area contributed by atoms with E-state index in [9.17, 15) is 5.11 Å². The summed E-state index contributed by atoms with van der Waals surface area (Å²) >= 11 is 6.06. The molecule has 1 aliphatic rings. The lowest BCUT2D eigenvalue weighted by molar-refractivity contribution is -0.0417. The van der Waals surface area contributed by atoms with Crippen LogP contribution in [0.3, 0.4) is 0 Å². The SMILES string of the molecule is CCC1CNCCC1(O)Cc1cc(Cl)ccc1OC. The van der Waals surface area contributed by atoms with Gasteiger partial charge in [-0.1, -0.05) is 18.5 Å². The van der Waals surface area contributed by atoms with Crippen LogP contribution in [0.25, 0.3) is 0 Å². The van der Waals surface area contributed by atoms with Gasteiger partial charge in [0.15, 0.2) is 0 Å². The third kappa shape index (κ3) is 3.22. The lowest BCUT2D eigenvalue weighted by Gasteiger charge is -2.40. The Labute approximate surface area is 119 Å². The number of nitrogens with one attached hydrogen (secondary N) is 1. The van der Waals surface area contributed by atoms with E-state index in [0.717, 1.165) is 37.2 Å². The predicted octanol–water partition coefficient (Wildman–Crippen LogP) is 2.64. The van der Waals surface area contributed by atoms with E-state index in [0.29, 0.717) is 11.4 Å². The standard InChI is InChI=1S/C15H22ClNO2/c1-3-12-10-17-7-6-15(12,18)9-11-8-13(16)4-5-14(11)19-2/h4-5,8,12,17-18H,3,6-7,9-10H2,1-2H3. The zero-order valence-corrected chi connectivity index (χ0v) is 12.3. The quantitative estimate of drug-likeness (QED) is 0.893. The second-order valence-corrected chi connectivity index (χ2v) is 5.73. The van der Waals surface area contributed by atoms with Crippen molar-refractivity contribution < 1.29 is 9.84 Å². The first-order valence-corrected chi connectivity index (χ1v) is 7.22. The molecule has 1 saturated heterocycles. The third-order valence-corrected chi connectivity index (χ3v) is 4.35. The molecule has 0 spiro atoms. The number of hydrogen-bond acceptors (Lipinski definition) is 3. The van der Waals surface area contributed by atoms with Crippen molar-refractivity contribution in [3.63, 3.8) is 0 Å². The Morgan fingerprint density at radius 3 is 3.00 bits per heavy atom. The summed E-state index contributed by atoms with van der Waals surface area (Å²) < 4.78 is 5.37. The molecule has 0 radical (unpaired) electrons. The zero-order valence-electron chi connectivity index (χ0n) is 11.6. The molecule has 1 aromatic carbocycles. The van der Waals surface area contributed by atoms with Gasteiger partial charge in [0, 0.05) is 23.9 Å². The molecule has 0 bridgehead atoms. The first kappa shape index (κ1) is 14.6. The summed E-state index contributed by atoms with van der Waals surface area (Å²) in [6.45, 7) is 3.85. The molecule has 3 nitrogen and oxygen atoms in total. The van der Waals surface area contributed by atoms with Gasteiger partial charge in [0.2, 0.25) is 0 Å². The minimum absolute atomic E-state index is 0.268. The van der Waals surface area contributed by atoms with Crippen molar-refractivity contribution >= 4 is 11.6 Å². The fraction of sp³-hybridized carbons (Fsp3) is 0.600. The van der Waals surface area contributed by atoms with Crippen LogP contribution in [0.15, 0.2) is 18.2 Å². The summed E-state index contributed by atoms with van der Waals surface area (Å²) in [5.41, 5.74) is 0.315. The molecule has 106 valence electrons. The van der Waals surface area contributed by atoms with Gasteiger partial charge in [-0.05, 0) is 43.1 Å². The first-order chi connectivity index (χ1) is 9.09. The van der Waals surface area contributed by atoms with Gasteiger partial charge >= 0.3 is 0 Å². The van der Waals surface area contributed by atoms with Crippen LogP contribution in [-0.2, 0) is 6.42 Å². The van der Waals surface area contributed by atoms with E-state index in [-0.39, 0.29) is 5.92 Å². The number of aliphatic hydroxyl groups is 1. The summed E-state index contributed by atoms with van der Waals surface area (Å²) in [7, 11) is 1.65. The number of halogens is 1. The molecule has 0 amide bonds. The van der Waals surface area contributed by atoms with Crippen molar-refractivity contribution in [2.24, 2.45) is 5.92 Å². The normalized spacial score (nSPS) is 27.3. The maximum atomic E-state index is 11.0. The van der Waals surface area contributed by atoms with E-state index in [2.05, 4.69) is 12.2 Å². The fourth-order valence-corrected chi connectivity index (χ4v) is 3.14. The first-order valence-electron chi connectivity index (χ1n) is 6.84. The molecule has 2 unspecified atom stereocenters. The molecule has 1 fully saturated rings. The Kier molecular flexibility index (Phi) is 4.71. The Morgan fingerprint density at radius 2 is 2.32 bits per heavy atom. The monoisotopic (exact) mass is 283 g/mol. The molecule has 0 aliphatic carbocycles. The van der Waals surface area contributed by atoms with Crippen LogP contribution < -0.4 is 10.1 Å². The number of ether oxygens (including phenoxy) is 1. The van der Waals surface area contributed by atoms with Crippen molar-refractivity contribution in [2.75, 3.05) is 20.2 Å². The summed E-state index contributed by atoms with van der Waals surface area (Å²) in [4.78, 5) is 0. The largest absolute Gasteiger partial charge is 0.496 e. The van der Waals surface area contributed by atoms with E-state index >= 15 is 0 Å². The third-order valence-electron chi connectivity index (χ3n) is 4.12. The number of methoxy groups -OCH3 is 1. The topological polar surface area (TPSA) is 41.5 Å². The van der Waals surface area contributed by atoms with E-state index in [1.165, 1.54) is 0 Å². The maximum absolute atomic E-state index is 11.0. The molecule has 1 aromatic rings. The van der Waals surface area contributed by atoms with E-state index in [4.69, 9.17) is 16.3 Å². The van der Waals surface area contributed by atoms with Gasteiger partial charge in [0.25, 0.3) is 0 Å². The van der Waals surface area contributed by atoms with Crippen LogP contribution in [0.2, 0.25) is 5.02 Å². The second kappa shape index (κ2) is 6.12. The van der Waals surface area contributed by atoms with Crippen molar-refractivity contribution in [1.82, 2.24) is 5.32 Å². The number of rotatable bonds is 4. The smallest absolute Gasteiger partial charge is 0.122 e. The molecular formula is C15H22ClNO2. The molecule has 4 heteroatoms. The van der Waals surface area contributed by atoms with Gasteiger partial charge in [0.05, 0.1) is 12.7 Å². The average Bonchev–Trinajstić information content (AvgIpc) is 2.39. The summed E-state index contributed by atoms with van der Waals surface area (Å²) in [5.74, 6) is 1.07. The molecule has 1 aliphatic heterocycles. The van der Waals surface area contributed by atoms with Crippen LogP contribution in [0.4, 0.5) is 0 Å². The maximum Gasteiger partial charge on any atom is 0.122 e. The van der Waals surface area contributed by atoms with E-state index in [1.807, 2.05) is 18.2 Å². The van der Waals surface area contributed by atoms with Crippen molar-refractivity contribution in [3.05, 3.63) is 28.8 Å². The average molecular weight is 284 g/mol. The summed E-state index contributed by atoms with van der Waals surface area (Å²) in [6.07, 6.45) is 2.32. The Balaban J connectivity index is 2.25. The Morgan fingerprint density at radius 1 is 1.53 bits per heavy atom. The molecule has 1 heterocycles. The minimum Gasteiger partial charge on any atom is -0.496 e. The summed E-state index contributed by atoms with van der Waals surface area (Å²) in [6, 6.07) is 5.57. The van der Waals surface area contributed by atoms with Crippen LogP contribution in [0.1, 0.15) is 25.3 Å². The van der Waals surface area contributed by atoms with Gasteiger partial charge in [-0.2, -0.15) is 0 Å². The number of hydrogen-bond donors (Lipinski definition) is 2. The minimum atomic E-state index is -0.669. The Hall–Kier alpha value is -0.770. The zero-order chi connectivity index (χ0) is 13.9. The highest BCUT2D eigenvalue weighted by Crippen LogP contribution is 2.34. The highest BCUT2D eigenvalue weighted by molar-refractivity contribution is 6.30. The van der Waals surface area contributed by atoms with E-state index in [1.54, 1.807) is 7.11 Å². The number of benzene rings is 1. The van der Waals surface area contributed by atoms with Gasteiger partial charge in [0.1, 0.15) is 5.75 Å². The van der Waals surface area contributed by atoms with Crippen LogP contribution in [0, 0.1) is 5.92 Å². The highest BCUT2D eigenvalue weighted by Gasteiger charge is 2.38. The molecule has 2 rings (SSSR count). The number of piperidine rings is 1. The van der Waals surface area contributed by atoms with Crippen LogP contribution >= 0.6 is 11.6 Å². The molecule has 2 atom stereocenters.